The normalized spacial score (nSPS) is 11.2. The molecule has 41 heavy (non-hydrogen) atoms. The molecule has 0 atom stereocenters. The second-order valence-electron chi connectivity index (χ2n) is 9.49. The second-order valence-corrected chi connectivity index (χ2v) is 11.1. The molecule has 0 N–H and O–H groups in total. The first kappa shape index (κ1) is 27.1. The van der Waals surface area contributed by atoms with Crippen molar-refractivity contribution in [2.24, 2.45) is 0 Å². The van der Waals surface area contributed by atoms with Crippen molar-refractivity contribution in [3.63, 3.8) is 0 Å². The highest BCUT2D eigenvalue weighted by Gasteiger charge is 2.16. The maximum atomic E-state index is 12.1. The van der Waals surface area contributed by atoms with E-state index < -0.39 is 0 Å². The molecule has 6 heteroatoms. The van der Waals surface area contributed by atoms with E-state index in [0.29, 0.717) is 4.60 Å². The molecule has 200 valence electrons. The van der Waals surface area contributed by atoms with Gasteiger partial charge in [0.2, 0.25) is 0 Å². The molecule has 3 aromatic heterocycles. The van der Waals surface area contributed by atoms with Crippen LogP contribution in [0.5, 0.6) is 0 Å². The molecule has 0 unspecified atom stereocenters. The van der Waals surface area contributed by atoms with Crippen molar-refractivity contribution in [1.82, 2.24) is 14.5 Å². The van der Waals surface area contributed by atoms with Crippen LogP contribution in [0.1, 0.15) is 11.1 Å². The average Bonchev–Trinajstić information content (AvgIpc) is 3.54. The molecule has 1 aliphatic carbocycles. The first-order valence-corrected chi connectivity index (χ1v) is 14.7. The third-order valence-electron chi connectivity index (χ3n) is 6.94. The molecule has 0 saturated carbocycles. The lowest BCUT2D eigenvalue weighted by Gasteiger charge is -2.07. The van der Waals surface area contributed by atoms with Crippen LogP contribution in [0.25, 0.3) is 38.6 Å². The molecule has 7 aromatic rings. The van der Waals surface area contributed by atoms with E-state index >= 15 is 0 Å². The number of halogens is 3. The highest BCUT2D eigenvalue weighted by Crippen LogP contribution is 2.35. The third kappa shape index (κ3) is 5.85. The van der Waals surface area contributed by atoms with E-state index in [2.05, 4.69) is 143 Å². The van der Waals surface area contributed by atoms with Crippen molar-refractivity contribution >= 4 is 53.7 Å². The lowest BCUT2D eigenvalue weighted by molar-refractivity contribution is 0.624. The Kier molecular flexibility index (Phi) is 8.03. The highest BCUT2D eigenvalue weighted by atomic mass is 79.9. The van der Waals surface area contributed by atoms with E-state index in [0.717, 1.165) is 16.7 Å². The Morgan fingerprint density at radius 1 is 0.561 bits per heavy atom. The van der Waals surface area contributed by atoms with Crippen molar-refractivity contribution in [3.05, 3.63) is 160 Å². The predicted molar refractivity (Wildman–Crippen MR) is 173 cm³/mol. The van der Waals surface area contributed by atoms with Crippen molar-refractivity contribution in [2.75, 3.05) is 0 Å². The number of rotatable bonds is 1. The molecule has 1 aliphatic rings. The van der Waals surface area contributed by atoms with Crippen LogP contribution in [0.15, 0.2) is 143 Å². The number of hydrogen-bond acceptors (Lipinski definition) is 2. The number of benzene rings is 4. The molecule has 0 radical (unpaired) electrons. The van der Waals surface area contributed by atoms with Gasteiger partial charge in [-0.1, -0.05) is 84.9 Å². The van der Waals surface area contributed by atoms with Crippen LogP contribution >= 0.6 is 31.9 Å². The van der Waals surface area contributed by atoms with Gasteiger partial charge in [0.25, 0.3) is 0 Å². The monoisotopic (exact) mass is 663 g/mol. The standard InChI is InChI=1S/C17H11BrN2.C13H10.C5H3BrFN/c18-17-11-12(9-10-19-17)20-15-7-3-1-5-13(15)14-6-2-4-8-16(14)20;1-3-7-12-10(5-1)9-11-6-2-4-8-13(11)12;6-5-3-4(7)1-2-8-5/h1-11H;1-8H,9H2;1-3H. The Hall–Kier alpha value is -4.13. The number of hydrogen-bond donors (Lipinski definition) is 0. The largest absolute Gasteiger partial charge is 0.309 e. The van der Waals surface area contributed by atoms with Crippen LogP contribution in [-0.4, -0.2) is 14.5 Å². The van der Waals surface area contributed by atoms with Gasteiger partial charge in [-0.3, -0.25) is 0 Å². The number of fused-ring (bicyclic) bond motifs is 6. The Labute approximate surface area is 254 Å². The number of pyridine rings is 2. The fourth-order valence-electron chi connectivity index (χ4n) is 5.19. The molecular formula is C35H24Br2FN3. The molecule has 8 rings (SSSR count). The summed E-state index contributed by atoms with van der Waals surface area (Å²) >= 11 is 6.46. The van der Waals surface area contributed by atoms with Gasteiger partial charge in [-0.05, 0) is 90.9 Å². The zero-order valence-electron chi connectivity index (χ0n) is 21.9. The summed E-state index contributed by atoms with van der Waals surface area (Å²) in [5, 5.41) is 2.55. The van der Waals surface area contributed by atoms with Gasteiger partial charge in [-0.2, -0.15) is 0 Å². The summed E-state index contributed by atoms with van der Waals surface area (Å²) in [7, 11) is 0. The fourth-order valence-corrected chi connectivity index (χ4v) is 5.88. The van der Waals surface area contributed by atoms with Gasteiger partial charge in [-0.25, -0.2) is 14.4 Å². The average molecular weight is 665 g/mol. The van der Waals surface area contributed by atoms with Crippen LogP contribution in [0.3, 0.4) is 0 Å². The maximum Gasteiger partial charge on any atom is 0.127 e. The van der Waals surface area contributed by atoms with Gasteiger partial charge in [-0.15, -0.1) is 0 Å². The van der Waals surface area contributed by atoms with E-state index in [-0.39, 0.29) is 5.82 Å². The predicted octanol–water partition coefficient (Wildman–Crippen LogP) is 10.2. The van der Waals surface area contributed by atoms with E-state index in [1.807, 2.05) is 18.3 Å². The Bertz CT molecular complexity index is 1870. The molecule has 0 aliphatic heterocycles. The molecule has 3 heterocycles. The van der Waals surface area contributed by atoms with E-state index in [1.165, 1.54) is 62.4 Å². The fraction of sp³-hybridized carbons (Fsp3) is 0.0286. The highest BCUT2D eigenvalue weighted by molar-refractivity contribution is 9.10. The maximum absolute atomic E-state index is 12.1. The van der Waals surface area contributed by atoms with Crippen LogP contribution in [0.4, 0.5) is 4.39 Å². The van der Waals surface area contributed by atoms with Crippen LogP contribution < -0.4 is 0 Å². The molecule has 4 aromatic carbocycles. The first-order valence-electron chi connectivity index (χ1n) is 13.1. The van der Waals surface area contributed by atoms with Gasteiger partial charge in [0.15, 0.2) is 0 Å². The molecular weight excluding hydrogens is 641 g/mol. The van der Waals surface area contributed by atoms with Gasteiger partial charge >= 0.3 is 0 Å². The van der Waals surface area contributed by atoms with Gasteiger partial charge in [0.1, 0.15) is 15.0 Å². The smallest absolute Gasteiger partial charge is 0.127 e. The van der Waals surface area contributed by atoms with Crippen molar-refractivity contribution in [3.8, 4) is 16.8 Å². The van der Waals surface area contributed by atoms with Gasteiger partial charge in [0, 0.05) is 29.2 Å². The Balaban J connectivity index is 0.000000123. The van der Waals surface area contributed by atoms with Crippen molar-refractivity contribution in [2.45, 2.75) is 6.42 Å². The summed E-state index contributed by atoms with van der Waals surface area (Å²) in [6, 6.07) is 41.0. The quantitative estimate of drug-likeness (QED) is 0.164. The van der Waals surface area contributed by atoms with Crippen LogP contribution in [-0.2, 0) is 6.42 Å². The molecule has 3 nitrogen and oxygen atoms in total. The van der Waals surface area contributed by atoms with Gasteiger partial charge < -0.3 is 4.57 Å². The van der Waals surface area contributed by atoms with E-state index in [4.69, 9.17) is 0 Å². The molecule has 0 amide bonds. The molecule has 0 bridgehead atoms. The summed E-state index contributed by atoms with van der Waals surface area (Å²) in [4.78, 5) is 7.93. The first-order chi connectivity index (χ1) is 20.1. The van der Waals surface area contributed by atoms with E-state index in [9.17, 15) is 4.39 Å². The lowest BCUT2D eigenvalue weighted by atomic mass is 10.1. The number of nitrogens with zero attached hydrogens (tertiary/aromatic N) is 3. The minimum Gasteiger partial charge on any atom is -0.309 e. The Morgan fingerprint density at radius 2 is 1.05 bits per heavy atom. The summed E-state index contributed by atoms with van der Waals surface area (Å²) in [6.45, 7) is 0. The number of aromatic nitrogens is 3. The summed E-state index contributed by atoms with van der Waals surface area (Å²) in [5.74, 6) is -0.271. The number of para-hydroxylation sites is 2. The molecule has 0 spiro atoms. The SMILES string of the molecule is Brc1cc(-n2c3ccccc3c3ccccc32)ccn1.Fc1ccnc(Br)c1.c1ccc2c(c1)Cc1ccccc1-2. The van der Waals surface area contributed by atoms with Crippen LogP contribution in [0.2, 0.25) is 0 Å². The summed E-state index contributed by atoms with van der Waals surface area (Å²) < 4.78 is 15.7. The Morgan fingerprint density at radius 3 is 1.56 bits per heavy atom. The van der Waals surface area contributed by atoms with Crippen molar-refractivity contribution < 1.29 is 4.39 Å². The molecule has 0 saturated heterocycles. The van der Waals surface area contributed by atoms with Crippen molar-refractivity contribution in [1.29, 1.82) is 0 Å². The minimum atomic E-state index is -0.271. The van der Waals surface area contributed by atoms with E-state index in [1.54, 1.807) is 0 Å². The van der Waals surface area contributed by atoms with Gasteiger partial charge in [0.05, 0.1) is 16.7 Å². The second kappa shape index (κ2) is 12.2. The lowest BCUT2D eigenvalue weighted by Crippen LogP contribution is -1.94. The summed E-state index contributed by atoms with van der Waals surface area (Å²) in [5.41, 5.74) is 9.30. The third-order valence-corrected chi connectivity index (χ3v) is 7.81. The zero-order chi connectivity index (χ0) is 28.2. The zero-order valence-corrected chi connectivity index (χ0v) is 25.1. The molecule has 0 fully saturated rings. The topological polar surface area (TPSA) is 30.7 Å². The van der Waals surface area contributed by atoms with Crippen LogP contribution in [0, 0.1) is 5.82 Å². The minimum absolute atomic E-state index is 0.271. The summed E-state index contributed by atoms with van der Waals surface area (Å²) in [6.07, 6.45) is 4.33.